The van der Waals surface area contributed by atoms with E-state index in [0.29, 0.717) is 0 Å². The van der Waals surface area contributed by atoms with Crippen LogP contribution in [0.5, 0.6) is 0 Å². The zero-order valence-corrected chi connectivity index (χ0v) is 15.7. The van der Waals surface area contributed by atoms with Gasteiger partial charge < -0.3 is 0 Å². The third kappa shape index (κ3) is 16.4. The van der Waals surface area contributed by atoms with Crippen LogP contribution in [-0.2, 0) is 0 Å². The fourth-order valence-corrected chi connectivity index (χ4v) is 3.36. The van der Waals surface area contributed by atoms with Crippen molar-refractivity contribution in [3.8, 4) is 0 Å². The number of rotatable bonds is 18. The van der Waals surface area contributed by atoms with Gasteiger partial charge in [0.15, 0.2) is 0 Å². The second-order valence-electron chi connectivity index (χ2n) is 7.15. The molecule has 0 aromatic heterocycles. The summed E-state index contributed by atoms with van der Waals surface area (Å²) in [5.74, 6) is 0.977. The highest BCUT2D eigenvalue weighted by Crippen LogP contribution is 2.20. The Hall–Kier alpha value is 0. The van der Waals surface area contributed by atoms with Crippen molar-refractivity contribution in [1.82, 2.24) is 0 Å². The van der Waals surface area contributed by atoms with Crippen molar-refractivity contribution >= 4 is 0 Å². The molecule has 0 aromatic rings. The molecular weight excluding hydrogens is 264 g/mol. The van der Waals surface area contributed by atoms with E-state index in [1.807, 2.05) is 0 Å². The van der Waals surface area contributed by atoms with E-state index in [9.17, 15) is 0 Å². The average molecular weight is 309 g/mol. The largest absolute Gasteiger partial charge is 0.0651 e. The summed E-state index contributed by atoms with van der Waals surface area (Å²) in [5, 5.41) is 0. The van der Waals surface area contributed by atoms with Gasteiger partial charge in [-0.2, -0.15) is 0 Å². The van der Waals surface area contributed by atoms with Crippen LogP contribution < -0.4 is 0 Å². The Morgan fingerprint density at radius 2 is 0.864 bits per heavy atom. The quantitative estimate of drug-likeness (QED) is 0.223. The van der Waals surface area contributed by atoms with Crippen molar-refractivity contribution in [1.29, 1.82) is 0 Å². The van der Waals surface area contributed by atoms with Gasteiger partial charge in [-0.15, -0.1) is 0 Å². The monoisotopic (exact) mass is 308 g/mol. The van der Waals surface area contributed by atoms with Crippen LogP contribution in [0.1, 0.15) is 122 Å². The predicted molar refractivity (Wildman–Crippen MR) is 103 cm³/mol. The van der Waals surface area contributed by atoms with Gasteiger partial charge in [0.05, 0.1) is 0 Å². The third-order valence-electron chi connectivity index (χ3n) is 5.05. The van der Waals surface area contributed by atoms with E-state index in [4.69, 9.17) is 0 Å². The fourth-order valence-electron chi connectivity index (χ4n) is 3.36. The first-order valence-electron chi connectivity index (χ1n) is 10.4. The molecule has 0 N–H and O–H groups in total. The van der Waals surface area contributed by atoms with Gasteiger partial charge in [0.25, 0.3) is 0 Å². The topological polar surface area (TPSA) is 0 Å². The van der Waals surface area contributed by atoms with E-state index in [1.165, 1.54) is 103 Å². The molecule has 2 radical (unpaired) electrons. The lowest BCUT2D eigenvalue weighted by molar-refractivity contribution is 0.402. The molecule has 0 bridgehead atoms. The molecule has 0 fully saturated rings. The molecule has 0 aromatic carbocycles. The molecule has 0 saturated carbocycles. The maximum Gasteiger partial charge on any atom is -0.0417 e. The number of hydrogen-bond acceptors (Lipinski definition) is 0. The molecule has 0 amide bonds. The Labute approximate surface area is 142 Å². The van der Waals surface area contributed by atoms with E-state index in [-0.39, 0.29) is 0 Å². The zero-order chi connectivity index (χ0) is 16.3. The Balaban J connectivity index is 3.13. The molecule has 1 atom stereocenters. The standard InChI is InChI=1S/C22H44/c1-4-7-9-10-11-12-13-14-15-16-17-18-19-21-22(6-3)20-8-5-2/h22H,1-2,4-21H2,3H3. The predicted octanol–water partition coefficient (Wildman–Crippen LogP) is 8.31. The van der Waals surface area contributed by atoms with E-state index >= 15 is 0 Å². The van der Waals surface area contributed by atoms with E-state index in [2.05, 4.69) is 20.8 Å². The summed E-state index contributed by atoms with van der Waals surface area (Å²) in [5.41, 5.74) is 0. The minimum Gasteiger partial charge on any atom is -0.0651 e. The lowest BCUT2D eigenvalue weighted by atomic mass is 9.93. The molecule has 0 spiro atoms. The highest BCUT2D eigenvalue weighted by molar-refractivity contribution is 4.59. The minimum absolute atomic E-state index is 0.977. The molecule has 132 valence electrons. The first-order valence-corrected chi connectivity index (χ1v) is 10.4. The van der Waals surface area contributed by atoms with Crippen LogP contribution in [0.15, 0.2) is 0 Å². The smallest absolute Gasteiger partial charge is 0.0417 e. The van der Waals surface area contributed by atoms with Crippen molar-refractivity contribution < 1.29 is 0 Å². The fraction of sp³-hybridized carbons (Fsp3) is 0.909. The molecular formula is C22H44. The maximum absolute atomic E-state index is 3.96. The van der Waals surface area contributed by atoms with Crippen molar-refractivity contribution in [3.63, 3.8) is 0 Å². The highest BCUT2D eigenvalue weighted by Gasteiger charge is 2.04. The van der Waals surface area contributed by atoms with Crippen LogP contribution in [-0.4, -0.2) is 0 Å². The molecule has 22 heavy (non-hydrogen) atoms. The summed E-state index contributed by atoms with van der Waals surface area (Å²) in [7, 11) is 0. The van der Waals surface area contributed by atoms with Gasteiger partial charge in [0.2, 0.25) is 0 Å². The first-order chi connectivity index (χ1) is 10.8. The highest BCUT2D eigenvalue weighted by atomic mass is 14.1. The molecule has 0 heterocycles. The first kappa shape index (κ1) is 22.0. The van der Waals surface area contributed by atoms with Crippen LogP contribution in [0.4, 0.5) is 0 Å². The van der Waals surface area contributed by atoms with Gasteiger partial charge in [-0.1, -0.05) is 136 Å². The van der Waals surface area contributed by atoms with Gasteiger partial charge in [-0.05, 0) is 5.92 Å². The van der Waals surface area contributed by atoms with Gasteiger partial charge in [-0.25, -0.2) is 0 Å². The second kappa shape index (κ2) is 19.0. The van der Waals surface area contributed by atoms with Gasteiger partial charge >= 0.3 is 0 Å². The summed E-state index contributed by atoms with van der Waals surface area (Å²) in [4.78, 5) is 0. The lowest BCUT2D eigenvalue weighted by Gasteiger charge is -2.13. The second-order valence-corrected chi connectivity index (χ2v) is 7.15. The molecule has 0 saturated heterocycles. The Morgan fingerprint density at radius 3 is 1.27 bits per heavy atom. The van der Waals surface area contributed by atoms with Crippen molar-refractivity contribution in [2.45, 2.75) is 122 Å². The Kier molecular flexibility index (Phi) is 19.0. The van der Waals surface area contributed by atoms with E-state index in [0.717, 1.165) is 18.8 Å². The van der Waals surface area contributed by atoms with Crippen molar-refractivity contribution in [2.24, 2.45) is 5.92 Å². The van der Waals surface area contributed by atoms with Gasteiger partial charge in [0, 0.05) is 0 Å². The average Bonchev–Trinajstić information content (AvgIpc) is 2.54. The van der Waals surface area contributed by atoms with Crippen LogP contribution in [0.25, 0.3) is 0 Å². The van der Waals surface area contributed by atoms with Crippen LogP contribution in [0.3, 0.4) is 0 Å². The summed E-state index contributed by atoms with van der Waals surface area (Å²) >= 11 is 0. The van der Waals surface area contributed by atoms with Crippen molar-refractivity contribution in [2.75, 3.05) is 0 Å². The molecule has 0 nitrogen and oxygen atoms in total. The molecule has 1 unspecified atom stereocenters. The molecule has 0 aliphatic heterocycles. The normalized spacial score (nSPS) is 12.7. The minimum atomic E-state index is 0.977. The molecule has 0 aliphatic rings. The third-order valence-corrected chi connectivity index (χ3v) is 5.05. The zero-order valence-electron chi connectivity index (χ0n) is 15.7. The van der Waals surface area contributed by atoms with Crippen LogP contribution >= 0.6 is 0 Å². The molecule has 0 aliphatic carbocycles. The maximum atomic E-state index is 3.96. The Bertz CT molecular complexity index is 184. The summed E-state index contributed by atoms with van der Waals surface area (Å²) < 4.78 is 0. The summed E-state index contributed by atoms with van der Waals surface area (Å²) in [6.07, 6.45) is 25.1. The number of hydrogen-bond donors (Lipinski definition) is 0. The summed E-state index contributed by atoms with van der Waals surface area (Å²) in [6.45, 7) is 10.2. The summed E-state index contributed by atoms with van der Waals surface area (Å²) in [6, 6.07) is 0. The number of unbranched alkanes of at least 4 members (excludes halogenated alkanes) is 13. The lowest BCUT2D eigenvalue weighted by Crippen LogP contribution is -1.98. The molecule has 0 heteroatoms. The van der Waals surface area contributed by atoms with Gasteiger partial charge in [-0.3, -0.25) is 0 Å². The van der Waals surface area contributed by atoms with Gasteiger partial charge in [0.1, 0.15) is 0 Å². The van der Waals surface area contributed by atoms with E-state index in [1.54, 1.807) is 0 Å². The van der Waals surface area contributed by atoms with Crippen molar-refractivity contribution in [3.05, 3.63) is 13.8 Å². The van der Waals surface area contributed by atoms with E-state index < -0.39 is 0 Å². The van der Waals surface area contributed by atoms with Crippen LogP contribution in [0.2, 0.25) is 0 Å². The molecule has 0 rings (SSSR count). The van der Waals surface area contributed by atoms with Crippen LogP contribution in [0, 0.1) is 19.8 Å². The SMILES string of the molecule is [CH2]CCCCCCCCCCCCCCC(CC)CCC[CH2]. The Morgan fingerprint density at radius 1 is 0.500 bits per heavy atom.